The molecule has 5 rings (SSSR count). The molecule has 39 heavy (non-hydrogen) atoms. The number of ether oxygens (including phenoxy) is 1. The second-order valence-corrected chi connectivity index (χ2v) is 10.2. The fraction of sp³-hybridized carbons (Fsp3) is 0.286. The molecule has 0 atom stereocenters. The van der Waals surface area contributed by atoms with Crippen LogP contribution in [0.4, 0.5) is 0 Å². The van der Waals surface area contributed by atoms with Crippen LogP contribution in [0.15, 0.2) is 53.9 Å². The molecule has 0 bridgehead atoms. The van der Waals surface area contributed by atoms with Gasteiger partial charge in [-0.25, -0.2) is 4.98 Å². The maximum absolute atomic E-state index is 12.7. The van der Waals surface area contributed by atoms with Gasteiger partial charge in [-0.1, -0.05) is 12.1 Å². The number of aromatic nitrogens is 1. The van der Waals surface area contributed by atoms with Gasteiger partial charge in [0.05, 0.1) is 23.2 Å². The summed E-state index contributed by atoms with van der Waals surface area (Å²) in [5.41, 5.74) is 3.54. The quantitative estimate of drug-likeness (QED) is 0.339. The van der Waals surface area contributed by atoms with Gasteiger partial charge in [0.15, 0.2) is 5.78 Å². The molecule has 4 amide bonds. The molecule has 11 heteroatoms. The molecule has 1 fully saturated rings. The highest BCUT2D eigenvalue weighted by atomic mass is 32.1. The fourth-order valence-electron chi connectivity index (χ4n) is 4.70. The lowest BCUT2D eigenvalue weighted by atomic mass is 9.97. The number of Topliss-reactive ketones (excluding diaryl/α,β-unsaturated/α-hetero) is 1. The number of ketones is 1. The fourth-order valence-corrected chi connectivity index (χ4v) is 5.68. The molecular weight excluding hydrogens is 520 g/mol. The number of nitrogens with one attached hydrogen (secondary N) is 1. The van der Waals surface area contributed by atoms with E-state index in [0.717, 1.165) is 10.0 Å². The first-order valence-corrected chi connectivity index (χ1v) is 13.4. The highest BCUT2D eigenvalue weighted by Crippen LogP contribution is 2.31. The molecule has 2 aliphatic rings. The Bertz CT molecular complexity index is 1410. The van der Waals surface area contributed by atoms with Crippen LogP contribution in [0.1, 0.15) is 78.2 Å². The van der Waals surface area contributed by atoms with Crippen molar-refractivity contribution in [3.8, 4) is 5.75 Å². The summed E-state index contributed by atoms with van der Waals surface area (Å²) in [6, 6.07) is 13.2. The van der Waals surface area contributed by atoms with Gasteiger partial charge in [-0.05, 0) is 49.2 Å². The van der Waals surface area contributed by atoms with E-state index in [0.29, 0.717) is 37.2 Å². The molecule has 1 aromatic heterocycles. The largest absolute Gasteiger partial charge is 0.497 e. The average molecular weight is 547 g/mol. The number of carbonyl (C=O) groups excluding carboxylic acids is 5. The van der Waals surface area contributed by atoms with Crippen molar-refractivity contribution in [2.75, 3.05) is 20.2 Å². The van der Waals surface area contributed by atoms with Gasteiger partial charge in [0, 0.05) is 42.8 Å². The lowest BCUT2D eigenvalue weighted by Gasteiger charge is -2.31. The maximum atomic E-state index is 12.7. The first-order chi connectivity index (χ1) is 18.9. The minimum absolute atomic E-state index is 0.0598. The second-order valence-electron chi connectivity index (χ2n) is 9.31. The minimum Gasteiger partial charge on any atom is -0.497 e. The molecule has 1 N–H and O–H groups in total. The van der Waals surface area contributed by atoms with Crippen LogP contribution in [-0.4, -0.2) is 64.5 Å². The number of carbonyl (C=O) groups is 5. The highest BCUT2D eigenvalue weighted by Gasteiger charge is 2.37. The van der Waals surface area contributed by atoms with E-state index in [-0.39, 0.29) is 47.3 Å². The molecule has 0 aliphatic carbocycles. The lowest BCUT2D eigenvalue weighted by molar-refractivity contribution is -0.132. The number of piperidine rings is 1. The summed E-state index contributed by atoms with van der Waals surface area (Å²) in [6.45, 7) is 1.08. The van der Waals surface area contributed by atoms with Crippen LogP contribution < -0.4 is 10.2 Å². The summed E-state index contributed by atoms with van der Waals surface area (Å²) in [4.78, 5) is 69.1. The van der Waals surface area contributed by atoms with Gasteiger partial charge in [-0.15, -0.1) is 11.3 Å². The SMILES string of the molecule is COc1ccc(C(=O)CCC(=O)N2CCC(c3nc(C(=O)NN4C(=O)c5ccccc5C4=O)cs3)CC2)cc1. The first-order valence-electron chi connectivity index (χ1n) is 12.5. The highest BCUT2D eigenvalue weighted by molar-refractivity contribution is 7.09. The molecular formula is C28H26N4O6S. The van der Waals surface area contributed by atoms with Crippen LogP contribution in [0.2, 0.25) is 0 Å². The topological polar surface area (TPSA) is 126 Å². The van der Waals surface area contributed by atoms with Gasteiger partial charge in [-0.2, -0.15) is 5.01 Å². The average Bonchev–Trinajstić information content (AvgIpc) is 3.56. The predicted octanol–water partition coefficient (Wildman–Crippen LogP) is 3.46. The van der Waals surface area contributed by atoms with Crippen molar-refractivity contribution in [3.05, 3.63) is 81.3 Å². The van der Waals surface area contributed by atoms with Gasteiger partial charge < -0.3 is 9.64 Å². The summed E-state index contributed by atoms with van der Waals surface area (Å²) < 4.78 is 5.10. The number of imide groups is 1. The summed E-state index contributed by atoms with van der Waals surface area (Å²) >= 11 is 1.34. The monoisotopic (exact) mass is 546 g/mol. The Morgan fingerprint density at radius 1 is 0.974 bits per heavy atom. The Morgan fingerprint density at radius 3 is 2.23 bits per heavy atom. The smallest absolute Gasteiger partial charge is 0.289 e. The normalized spacial score (nSPS) is 15.3. The van der Waals surface area contributed by atoms with E-state index in [1.807, 2.05) is 0 Å². The van der Waals surface area contributed by atoms with Crippen LogP contribution in [0, 0.1) is 0 Å². The zero-order valence-electron chi connectivity index (χ0n) is 21.2. The van der Waals surface area contributed by atoms with Crippen molar-refractivity contribution in [1.82, 2.24) is 20.3 Å². The maximum Gasteiger partial charge on any atom is 0.289 e. The molecule has 1 saturated heterocycles. The standard InChI is InChI=1S/C28H26N4O6S/c1-38-19-8-6-17(7-9-19)23(33)10-11-24(34)31-14-12-18(13-15-31)26-29-22(16-39-26)25(35)30-32-27(36)20-4-2-3-5-21(20)28(32)37/h2-9,16,18H,10-15H2,1H3,(H,30,35). The Labute approximate surface area is 228 Å². The van der Waals surface area contributed by atoms with Crippen molar-refractivity contribution in [3.63, 3.8) is 0 Å². The van der Waals surface area contributed by atoms with E-state index in [9.17, 15) is 24.0 Å². The number of amides is 4. The van der Waals surface area contributed by atoms with E-state index >= 15 is 0 Å². The van der Waals surface area contributed by atoms with Crippen LogP contribution in [0.5, 0.6) is 5.75 Å². The van der Waals surface area contributed by atoms with Gasteiger partial charge in [-0.3, -0.25) is 29.4 Å². The molecule has 0 radical (unpaired) electrons. The zero-order chi connectivity index (χ0) is 27.5. The number of methoxy groups -OCH3 is 1. The molecule has 0 saturated carbocycles. The number of hydrogen-bond donors (Lipinski definition) is 1. The number of nitrogens with zero attached hydrogens (tertiary/aromatic N) is 3. The number of thiazole rings is 1. The molecule has 3 aromatic rings. The van der Waals surface area contributed by atoms with E-state index in [4.69, 9.17) is 4.74 Å². The lowest BCUT2D eigenvalue weighted by Crippen LogP contribution is -2.46. The van der Waals surface area contributed by atoms with E-state index < -0.39 is 17.7 Å². The van der Waals surface area contributed by atoms with E-state index in [1.54, 1.807) is 65.9 Å². The van der Waals surface area contributed by atoms with Crippen molar-refractivity contribution in [1.29, 1.82) is 0 Å². The van der Waals surface area contributed by atoms with Gasteiger partial charge in [0.2, 0.25) is 5.91 Å². The molecule has 2 aliphatic heterocycles. The Hall–Kier alpha value is -4.38. The number of hydrogen-bond acceptors (Lipinski definition) is 8. The van der Waals surface area contributed by atoms with Crippen LogP contribution in [-0.2, 0) is 4.79 Å². The third kappa shape index (κ3) is 5.44. The molecule has 0 spiro atoms. The first kappa shape index (κ1) is 26.2. The predicted molar refractivity (Wildman–Crippen MR) is 142 cm³/mol. The number of likely N-dealkylation sites (tertiary alicyclic amines) is 1. The van der Waals surface area contributed by atoms with Crippen molar-refractivity contribution < 1.29 is 28.7 Å². The molecule has 10 nitrogen and oxygen atoms in total. The van der Waals surface area contributed by atoms with Crippen molar-refractivity contribution in [2.24, 2.45) is 0 Å². The summed E-state index contributed by atoms with van der Waals surface area (Å²) in [6.07, 6.45) is 1.66. The third-order valence-corrected chi connectivity index (χ3v) is 7.94. The Kier molecular flexibility index (Phi) is 7.51. The number of benzene rings is 2. The second kappa shape index (κ2) is 11.2. The Morgan fingerprint density at radius 2 is 1.62 bits per heavy atom. The summed E-state index contributed by atoms with van der Waals surface area (Å²) in [7, 11) is 1.56. The van der Waals surface area contributed by atoms with Crippen molar-refractivity contribution >= 4 is 40.7 Å². The molecule has 200 valence electrons. The van der Waals surface area contributed by atoms with Crippen LogP contribution in [0.3, 0.4) is 0 Å². The molecule has 0 unspecified atom stereocenters. The van der Waals surface area contributed by atoms with Crippen molar-refractivity contribution in [2.45, 2.75) is 31.6 Å². The summed E-state index contributed by atoms with van der Waals surface area (Å²) in [5.74, 6) is -1.20. The van der Waals surface area contributed by atoms with E-state index in [1.165, 1.54) is 11.3 Å². The van der Waals surface area contributed by atoms with Crippen LogP contribution >= 0.6 is 11.3 Å². The van der Waals surface area contributed by atoms with Crippen LogP contribution in [0.25, 0.3) is 0 Å². The minimum atomic E-state index is -0.638. The number of fused-ring (bicyclic) bond motifs is 1. The van der Waals surface area contributed by atoms with Gasteiger partial charge in [0.1, 0.15) is 11.4 Å². The molecule has 3 heterocycles. The third-order valence-electron chi connectivity index (χ3n) is 6.94. The summed E-state index contributed by atoms with van der Waals surface area (Å²) in [5, 5.41) is 3.09. The van der Waals surface area contributed by atoms with Gasteiger partial charge in [0.25, 0.3) is 17.7 Å². The number of hydrazine groups is 1. The number of rotatable bonds is 8. The van der Waals surface area contributed by atoms with E-state index in [2.05, 4.69) is 10.4 Å². The van der Waals surface area contributed by atoms with Gasteiger partial charge >= 0.3 is 0 Å². The zero-order valence-corrected chi connectivity index (χ0v) is 22.0. The molecule has 2 aromatic carbocycles. The Balaban J connectivity index is 1.10.